The summed E-state index contributed by atoms with van der Waals surface area (Å²) in [6.45, 7) is 2.61. The van der Waals surface area contributed by atoms with Gasteiger partial charge in [-0.25, -0.2) is 8.42 Å². The minimum absolute atomic E-state index is 0.119. The molecule has 1 heterocycles. The van der Waals surface area contributed by atoms with Gasteiger partial charge in [-0.15, -0.1) is 0 Å². The van der Waals surface area contributed by atoms with Crippen LogP contribution < -0.4 is 0 Å². The number of hydrogen-bond donors (Lipinski definition) is 0. The van der Waals surface area contributed by atoms with Crippen molar-refractivity contribution < 1.29 is 13.2 Å². The molecular formula is C12H14Br3NO3S. The number of rotatable bonds is 3. The van der Waals surface area contributed by atoms with Crippen LogP contribution in [0.1, 0.15) is 6.92 Å². The molecule has 0 saturated carbocycles. The Morgan fingerprint density at radius 3 is 2.75 bits per heavy atom. The summed E-state index contributed by atoms with van der Waals surface area (Å²) in [4.78, 5) is 0.272. The van der Waals surface area contributed by atoms with Gasteiger partial charge in [0.15, 0.2) is 0 Å². The van der Waals surface area contributed by atoms with Crippen LogP contribution in [-0.2, 0) is 14.8 Å². The number of morpholine rings is 1. The summed E-state index contributed by atoms with van der Waals surface area (Å²) in [5.74, 6) is 0. The molecule has 2 unspecified atom stereocenters. The topological polar surface area (TPSA) is 46.6 Å². The SMILES string of the molecule is CC1COC(CBr)CN1S(=O)(=O)c1cc(Br)ccc1Br. The van der Waals surface area contributed by atoms with Gasteiger partial charge >= 0.3 is 0 Å². The first kappa shape index (κ1) is 16.9. The Bertz CT molecular complexity index is 594. The normalized spacial score (nSPS) is 24.8. The number of nitrogens with zero attached hydrogens (tertiary/aromatic N) is 1. The Morgan fingerprint density at radius 1 is 1.40 bits per heavy atom. The van der Waals surface area contributed by atoms with Gasteiger partial charge in [-0.2, -0.15) is 4.31 Å². The molecule has 0 aliphatic carbocycles. The molecular weight excluding hydrogens is 478 g/mol. The number of hydrogen-bond acceptors (Lipinski definition) is 3. The first-order valence-corrected chi connectivity index (χ1v) is 10.2. The van der Waals surface area contributed by atoms with Crippen LogP contribution in [0.25, 0.3) is 0 Å². The minimum Gasteiger partial charge on any atom is -0.374 e. The van der Waals surface area contributed by atoms with Gasteiger partial charge in [-0.1, -0.05) is 31.9 Å². The lowest BCUT2D eigenvalue weighted by Gasteiger charge is -2.36. The Morgan fingerprint density at radius 2 is 2.10 bits per heavy atom. The molecule has 1 saturated heterocycles. The molecule has 1 fully saturated rings. The van der Waals surface area contributed by atoms with E-state index in [4.69, 9.17) is 4.74 Å². The average Bonchev–Trinajstić information content (AvgIpc) is 2.41. The van der Waals surface area contributed by atoms with E-state index in [1.165, 1.54) is 4.31 Å². The first-order chi connectivity index (χ1) is 9.36. The first-order valence-electron chi connectivity index (χ1n) is 6.00. The zero-order valence-corrected chi connectivity index (χ0v) is 16.3. The van der Waals surface area contributed by atoms with Crippen LogP contribution in [0.3, 0.4) is 0 Å². The van der Waals surface area contributed by atoms with Crippen molar-refractivity contribution in [2.45, 2.75) is 24.0 Å². The van der Waals surface area contributed by atoms with Crippen molar-refractivity contribution in [3.05, 3.63) is 27.1 Å². The summed E-state index contributed by atoms with van der Waals surface area (Å²) in [5, 5.41) is 0.616. The third kappa shape index (κ3) is 3.47. The molecule has 2 atom stereocenters. The number of ether oxygens (including phenoxy) is 1. The predicted octanol–water partition coefficient (Wildman–Crippen LogP) is 3.38. The second kappa shape index (κ2) is 6.75. The summed E-state index contributed by atoms with van der Waals surface area (Å²) < 4.78 is 34.1. The van der Waals surface area contributed by atoms with Crippen molar-refractivity contribution >= 4 is 57.8 Å². The average molecular weight is 492 g/mol. The second-order valence-electron chi connectivity index (χ2n) is 4.61. The largest absolute Gasteiger partial charge is 0.374 e. The third-order valence-electron chi connectivity index (χ3n) is 3.10. The van der Waals surface area contributed by atoms with Crippen molar-refractivity contribution in [3.63, 3.8) is 0 Å². The lowest BCUT2D eigenvalue weighted by atomic mass is 10.2. The summed E-state index contributed by atoms with van der Waals surface area (Å²) >= 11 is 9.98. The number of halogens is 3. The fourth-order valence-electron chi connectivity index (χ4n) is 2.02. The van der Waals surface area contributed by atoms with Gasteiger partial charge in [0, 0.05) is 26.9 Å². The fourth-order valence-corrected chi connectivity index (χ4v) is 5.53. The van der Waals surface area contributed by atoms with Gasteiger partial charge < -0.3 is 4.74 Å². The highest BCUT2D eigenvalue weighted by atomic mass is 79.9. The van der Waals surface area contributed by atoms with E-state index in [9.17, 15) is 8.42 Å². The maximum absolute atomic E-state index is 12.8. The van der Waals surface area contributed by atoms with Gasteiger partial charge in [0.05, 0.1) is 17.6 Å². The Balaban J connectivity index is 2.40. The van der Waals surface area contributed by atoms with Crippen molar-refractivity contribution in [1.82, 2.24) is 4.31 Å². The van der Waals surface area contributed by atoms with E-state index < -0.39 is 10.0 Å². The molecule has 8 heteroatoms. The second-order valence-corrected chi connectivity index (χ2v) is 8.88. The lowest BCUT2D eigenvalue weighted by molar-refractivity contribution is -0.0139. The lowest BCUT2D eigenvalue weighted by Crippen LogP contribution is -2.51. The third-order valence-corrected chi connectivity index (χ3v) is 7.29. The van der Waals surface area contributed by atoms with E-state index >= 15 is 0 Å². The maximum atomic E-state index is 12.8. The molecule has 20 heavy (non-hydrogen) atoms. The van der Waals surface area contributed by atoms with Crippen LogP contribution in [0, 0.1) is 0 Å². The highest BCUT2D eigenvalue weighted by Crippen LogP contribution is 2.30. The van der Waals surface area contributed by atoms with Gasteiger partial charge in [0.1, 0.15) is 0 Å². The van der Waals surface area contributed by atoms with Crippen molar-refractivity contribution in [1.29, 1.82) is 0 Å². The van der Waals surface area contributed by atoms with Crippen LogP contribution in [-0.4, -0.2) is 43.4 Å². The van der Waals surface area contributed by atoms with Gasteiger partial charge in [-0.05, 0) is 41.1 Å². The zero-order chi connectivity index (χ0) is 14.9. The molecule has 112 valence electrons. The zero-order valence-electron chi connectivity index (χ0n) is 10.7. The molecule has 0 amide bonds. The molecule has 0 bridgehead atoms. The smallest absolute Gasteiger partial charge is 0.244 e. The summed E-state index contributed by atoms with van der Waals surface area (Å²) in [6.07, 6.45) is -0.119. The number of sulfonamides is 1. The highest BCUT2D eigenvalue weighted by molar-refractivity contribution is 9.11. The molecule has 1 aliphatic heterocycles. The molecule has 1 aromatic carbocycles. The molecule has 0 N–H and O–H groups in total. The van der Waals surface area contributed by atoms with Crippen molar-refractivity contribution in [3.8, 4) is 0 Å². The predicted molar refractivity (Wildman–Crippen MR) is 88.7 cm³/mol. The van der Waals surface area contributed by atoms with E-state index in [0.29, 0.717) is 23.0 Å². The van der Waals surface area contributed by atoms with E-state index in [0.717, 1.165) is 4.47 Å². The molecule has 0 spiro atoms. The number of alkyl halides is 1. The standard InChI is InChI=1S/C12H14Br3NO3S/c1-8-7-19-10(5-13)6-16(8)20(17,18)12-4-9(14)2-3-11(12)15/h2-4,8,10H,5-7H2,1H3. The monoisotopic (exact) mass is 489 g/mol. The molecule has 1 aromatic rings. The Labute approximate surface area is 144 Å². The van der Waals surface area contributed by atoms with E-state index in [1.54, 1.807) is 18.2 Å². The van der Waals surface area contributed by atoms with Crippen LogP contribution >= 0.6 is 47.8 Å². The highest BCUT2D eigenvalue weighted by Gasteiger charge is 2.36. The summed E-state index contributed by atoms with van der Waals surface area (Å²) in [7, 11) is -3.55. The van der Waals surface area contributed by atoms with Crippen molar-refractivity contribution in [2.24, 2.45) is 0 Å². The molecule has 1 aliphatic rings. The number of benzene rings is 1. The van der Waals surface area contributed by atoms with Crippen LogP contribution in [0.2, 0.25) is 0 Å². The van der Waals surface area contributed by atoms with E-state index in [-0.39, 0.29) is 17.0 Å². The van der Waals surface area contributed by atoms with Crippen LogP contribution in [0.15, 0.2) is 32.0 Å². The van der Waals surface area contributed by atoms with Crippen LogP contribution in [0.4, 0.5) is 0 Å². The van der Waals surface area contributed by atoms with Crippen molar-refractivity contribution in [2.75, 3.05) is 18.5 Å². The molecule has 4 nitrogen and oxygen atoms in total. The van der Waals surface area contributed by atoms with E-state index in [1.807, 2.05) is 6.92 Å². The fraction of sp³-hybridized carbons (Fsp3) is 0.500. The molecule has 0 radical (unpaired) electrons. The molecule has 0 aromatic heterocycles. The van der Waals surface area contributed by atoms with E-state index in [2.05, 4.69) is 47.8 Å². The van der Waals surface area contributed by atoms with Gasteiger partial charge in [-0.3, -0.25) is 0 Å². The Kier molecular flexibility index (Phi) is 5.70. The van der Waals surface area contributed by atoms with Gasteiger partial charge in [0.25, 0.3) is 0 Å². The quantitative estimate of drug-likeness (QED) is 0.609. The summed E-state index contributed by atoms with van der Waals surface area (Å²) in [6, 6.07) is 4.96. The van der Waals surface area contributed by atoms with Gasteiger partial charge in [0.2, 0.25) is 10.0 Å². The minimum atomic E-state index is -3.55. The Hall–Kier alpha value is 0.530. The molecule has 2 rings (SSSR count). The maximum Gasteiger partial charge on any atom is 0.244 e. The van der Waals surface area contributed by atoms with Crippen LogP contribution in [0.5, 0.6) is 0 Å². The summed E-state index contributed by atoms with van der Waals surface area (Å²) in [5.41, 5.74) is 0.